The first-order chi connectivity index (χ1) is 6.83. The van der Waals surface area contributed by atoms with Gasteiger partial charge in [0, 0.05) is 6.42 Å². The summed E-state index contributed by atoms with van der Waals surface area (Å²) in [6.45, 7) is 2.13. The van der Waals surface area contributed by atoms with Crippen LogP contribution < -0.4 is 0 Å². The van der Waals surface area contributed by atoms with Gasteiger partial charge in [0.15, 0.2) is 5.78 Å². The minimum absolute atomic E-state index is 0.351. The lowest BCUT2D eigenvalue weighted by Crippen LogP contribution is -1.95. The summed E-state index contributed by atoms with van der Waals surface area (Å²) in [4.78, 5) is 11.5. The second kappa shape index (κ2) is 6.80. The molecule has 0 bridgehead atoms. The van der Waals surface area contributed by atoms with E-state index in [4.69, 9.17) is 0 Å². The summed E-state index contributed by atoms with van der Waals surface area (Å²) in [6, 6.07) is 0. The highest BCUT2D eigenvalue weighted by atomic mass is 16.1. The molecule has 1 aliphatic carbocycles. The maximum atomic E-state index is 11.5. The van der Waals surface area contributed by atoms with E-state index in [1.165, 1.54) is 31.3 Å². The van der Waals surface area contributed by atoms with Gasteiger partial charge in [-0.15, -0.1) is 0 Å². The minimum atomic E-state index is 0.351. The fourth-order valence-electron chi connectivity index (χ4n) is 1.98. The largest absolute Gasteiger partial charge is 0.295 e. The predicted octanol–water partition coefficient (Wildman–Crippen LogP) is 4.03. The number of rotatable bonds is 4. The molecule has 1 saturated carbocycles. The Morgan fingerprint density at radius 3 is 2.43 bits per heavy atom. The number of ketones is 1. The lowest BCUT2D eigenvalue weighted by Gasteiger charge is -2.01. The molecular weight excluding hydrogens is 172 g/mol. The molecular formula is C13H22O. The SMILES string of the molecule is CCCCC(=O)C=C1CCCCCC1. The lowest BCUT2D eigenvalue weighted by atomic mass is 10.0. The van der Waals surface area contributed by atoms with Crippen molar-refractivity contribution in [2.75, 3.05) is 0 Å². The van der Waals surface area contributed by atoms with Gasteiger partial charge >= 0.3 is 0 Å². The van der Waals surface area contributed by atoms with Crippen molar-refractivity contribution in [1.82, 2.24) is 0 Å². The van der Waals surface area contributed by atoms with Crippen molar-refractivity contribution in [3.05, 3.63) is 11.6 Å². The molecule has 0 aromatic carbocycles. The number of hydrogen-bond acceptors (Lipinski definition) is 1. The highest BCUT2D eigenvalue weighted by Crippen LogP contribution is 2.22. The molecule has 0 heterocycles. The van der Waals surface area contributed by atoms with Gasteiger partial charge in [0.05, 0.1) is 0 Å². The predicted molar refractivity (Wildman–Crippen MR) is 60.3 cm³/mol. The summed E-state index contributed by atoms with van der Waals surface area (Å²) in [6.07, 6.45) is 12.4. The Hall–Kier alpha value is -0.590. The van der Waals surface area contributed by atoms with E-state index in [1.807, 2.05) is 6.08 Å². The van der Waals surface area contributed by atoms with Crippen LogP contribution >= 0.6 is 0 Å². The molecule has 14 heavy (non-hydrogen) atoms. The summed E-state index contributed by atoms with van der Waals surface area (Å²) in [5.41, 5.74) is 1.41. The molecule has 0 unspecified atom stereocenters. The maximum absolute atomic E-state index is 11.5. The molecule has 0 N–H and O–H groups in total. The van der Waals surface area contributed by atoms with Crippen LogP contribution in [0.25, 0.3) is 0 Å². The van der Waals surface area contributed by atoms with Gasteiger partial charge in [-0.05, 0) is 38.2 Å². The topological polar surface area (TPSA) is 17.1 Å². The normalized spacial score (nSPS) is 17.6. The van der Waals surface area contributed by atoms with Crippen LogP contribution in [0.15, 0.2) is 11.6 Å². The zero-order valence-electron chi connectivity index (χ0n) is 9.35. The third-order valence-electron chi connectivity index (χ3n) is 2.89. The van der Waals surface area contributed by atoms with E-state index in [9.17, 15) is 4.79 Å². The van der Waals surface area contributed by atoms with Crippen LogP contribution in [0, 0.1) is 0 Å². The lowest BCUT2D eigenvalue weighted by molar-refractivity contribution is -0.114. The molecule has 80 valence electrons. The smallest absolute Gasteiger partial charge is 0.155 e. The van der Waals surface area contributed by atoms with Gasteiger partial charge in [-0.2, -0.15) is 0 Å². The molecule has 0 aliphatic heterocycles. The maximum Gasteiger partial charge on any atom is 0.155 e. The van der Waals surface area contributed by atoms with Gasteiger partial charge in [-0.3, -0.25) is 4.79 Å². The third kappa shape index (κ3) is 4.59. The van der Waals surface area contributed by atoms with E-state index in [1.54, 1.807) is 0 Å². The monoisotopic (exact) mass is 194 g/mol. The second-order valence-corrected chi connectivity index (χ2v) is 4.29. The van der Waals surface area contributed by atoms with Crippen LogP contribution in [0.1, 0.15) is 64.7 Å². The molecule has 1 nitrogen and oxygen atoms in total. The van der Waals surface area contributed by atoms with E-state index >= 15 is 0 Å². The summed E-state index contributed by atoms with van der Waals surface area (Å²) in [7, 11) is 0. The summed E-state index contributed by atoms with van der Waals surface area (Å²) < 4.78 is 0. The first-order valence-electron chi connectivity index (χ1n) is 6.05. The number of carbonyl (C=O) groups excluding carboxylic acids is 1. The van der Waals surface area contributed by atoms with Crippen molar-refractivity contribution in [2.24, 2.45) is 0 Å². The van der Waals surface area contributed by atoms with Gasteiger partial charge in [-0.1, -0.05) is 31.8 Å². The zero-order chi connectivity index (χ0) is 10.2. The summed E-state index contributed by atoms with van der Waals surface area (Å²) >= 11 is 0. The van der Waals surface area contributed by atoms with Crippen LogP contribution in [-0.4, -0.2) is 5.78 Å². The molecule has 0 spiro atoms. The van der Waals surface area contributed by atoms with Gasteiger partial charge in [0.1, 0.15) is 0 Å². The van der Waals surface area contributed by atoms with Crippen LogP contribution in [-0.2, 0) is 4.79 Å². The quantitative estimate of drug-likeness (QED) is 0.488. The number of hydrogen-bond donors (Lipinski definition) is 0. The molecule has 0 amide bonds. The van der Waals surface area contributed by atoms with Gasteiger partial charge < -0.3 is 0 Å². The van der Waals surface area contributed by atoms with Crippen LogP contribution in [0.2, 0.25) is 0 Å². The van der Waals surface area contributed by atoms with Crippen molar-refractivity contribution in [3.63, 3.8) is 0 Å². The molecule has 0 atom stereocenters. The summed E-state index contributed by atoms with van der Waals surface area (Å²) in [5.74, 6) is 0.351. The molecule has 1 rings (SSSR count). The second-order valence-electron chi connectivity index (χ2n) is 4.29. The van der Waals surface area contributed by atoms with Crippen LogP contribution in [0.3, 0.4) is 0 Å². The zero-order valence-corrected chi connectivity index (χ0v) is 9.35. The van der Waals surface area contributed by atoms with Crippen LogP contribution in [0.4, 0.5) is 0 Å². The molecule has 0 saturated heterocycles. The first-order valence-corrected chi connectivity index (χ1v) is 6.05. The first kappa shape index (κ1) is 11.5. The van der Waals surface area contributed by atoms with Crippen molar-refractivity contribution < 1.29 is 4.79 Å². The van der Waals surface area contributed by atoms with Gasteiger partial charge in [0.25, 0.3) is 0 Å². The fourth-order valence-corrected chi connectivity index (χ4v) is 1.98. The Morgan fingerprint density at radius 1 is 1.21 bits per heavy atom. The average Bonchev–Trinajstić information content (AvgIpc) is 2.43. The Bertz CT molecular complexity index is 193. The number of unbranched alkanes of at least 4 members (excludes halogenated alkanes) is 1. The minimum Gasteiger partial charge on any atom is -0.295 e. The Labute approximate surface area is 87.6 Å². The number of carbonyl (C=O) groups is 1. The van der Waals surface area contributed by atoms with Crippen molar-refractivity contribution >= 4 is 5.78 Å². The van der Waals surface area contributed by atoms with Gasteiger partial charge in [-0.25, -0.2) is 0 Å². The van der Waals surface area contributed by atoms with Crippen molar-refractivity contribution in [2.45, 2.75) is 64.7 Å². The van der Waals surface area contributed by atoms with E-state index < -0.39 is 0 Å². The van der Waals surface area contributed by atoms with E-state index in [-0.39, 0.29) is 0 Å². The Morgan fingerprint density at radius 2 is 1.86 bits per heavy atom. The molecule has 1 aliphatic rings. The fraction of sp³-hybridized carbons (Fsp3) is 0.769. The highest BCUT2D eigenvalue weighted by molar-refractivity contribution is 5.90. The van der Waals surface area contributed by atoms with Crippen molar-refractivity contribution in [1.29, 1.82) is 0 Å². The molecule has 1 fully saturated rings. The van der Waals surface area contributed by atoms with E-state index in [2.05, 4.69) is 6.92 Å². The Balaban J connectivity index is 2.36. The van der Waals surface area contributed by atoms with E-state index in [0.29, 0.717) is 5.78 Å². The van der Waals surface area contributed by atoms with E-state index in [0.717, 1.165) is 32.1 Å². The highest BCUT2D eigenvalue weighted by Gasteiger charge is 2.06. The molecule has 1 heteroatoms. The molecule has 0 aromatic heterocycles. The molecule has 0 radical (unpaired) electrons. The third-order valence-corrected chi connectivity index (χ3v) is 2.89. The standard InChI is InChI=1S/C13H22O/c1-2-3-10-13(14)11-12-8-6-4-5-7-9-12/h11H,2-10H2,1H3. The number of allylic oxidation sites excluding steroid dienone is 2. The Kier molecular flexibility index (Phi) is 5.58. The average molecular weight is 194 g/mol. The summed E-state index contributed by atoms with van der Waals surface area (Å²) in [5, 5.41) is 0. The molecule has 0 aromatic rings. The van der Waals surface area contributed by atoms with Crippen molar-refractivity contribution in [3.8, 4) is 0 Å². The van der Waals surface area contributed by atoms with Gasteiger partial charge in [0.2, 0.25) is 0 Å². The van der Waals surface area contributed by atoms with Crippen LogP contribution in [0.5, 0.6) is 0 Å².